The van der Waals surface area contributed by atoms with Crippen molar-refractivity contribution in [3.8, 4) is 22.0 Å². The van der Waals surface area contributed by atoms with E-state index in [1.54, 1.807) is 10.9 Å². The average Bonchev–Trinajstić information content (AvgIpc) is 3.70. The number of aromatic nitrogens is 6. The minimum absolute atomic E-state index is 0.00913. The van der Waals surface area contributed by atoms with E-state index in [2.05, 4.69) is 30.0 Å². The number of anilines is 1. The van der Waals surface area contributed by atoms with Crippen molar-refractivity contribution in [1.82, 2.24) is 29.5 Å². The summed E-state index contributed by atoms with van der Waals surface area (Å²) in [7, 11) is -4.67. The quantitative estimate of drug-likeness (QED) is 0.160. The van der Waals surface area contributed by atoms with E-state index in [0.717, 1.165) is 49.2 Å². The van der Waals surface area contributed by atoms with Gasteiger partial charge in [-0.15, -0.1) is 11.3 Å². The van der Waals surface area contributed by atoms with Crippen LogP contribution < -0.4 is 5.32 Å². The molecule has 17 heteroatoms. The molecule has 224 valence electrons. The molecular formula is C25H28F2N7O6PS. The molecule has 13 nitrogen and oxygen atoms in total. The largest absolute Gasteiger partial charge is 0.471 e. The van der Waals surface area contributed by atoms with Crippen LogP contribution in [0.25, 0.3) is 22.0 Å². The molecular weight excluding hydrogens is 595 g/mol. The van der Waals surface area contributed by atoms with Gasteiger partial charge in [0.05, 0.1) is 18.0 Å². The summed E-state index contributed by atoms with van der Waals surface area (Å²) in [5, 5.41) is 13.1. The zero-order chi connectivity index (χ0) is 29.9. The summed E-state index contributed by atoms with van der Waals surface area (Å²) in [6.07, 6.45) is 8.40. The van der Waals surface area contributed by atoms with Crippen molar-refractivity contribution in [1.29, 1.82) is 0 Å². The van der Waals surface area contributed by atoms with Gasteiger partial charge >= 0.3 is 7.82 Å². The van der Waals surface area contributed by atoms with Crippen LogP contribution in [-0.2, 0) is 27.1 Å². The number of carbonyl (C=O) groups excluding carboxylic acids is 1. The van der Waals surface area contributed by atoms with E-state index in [4.69, 9.17) is 14.5 Å². The van der Waals surface area contributed by atoms with E-state index in [1.807, 2.05) is 6.92 Å². The zero-order valence-corrected chi connectivity index (χ0v) is 24.1. The lowest BCUT2D eigenvalue weighted by Gasteiger charge is -2.28. The van der Waals surface area contributed by atoms with E-state index in [0.29, 0.717) is 29.6 Å². The lowest BCUT2D eigenvalue weighted by Crippen LogP contribution is -2.24. The third kappa shape index (κ3) is 7.51. The Morgan fingerprint density at radius 2 is 1.93 bits per heavy atom. The Bertz CT molecular complexity index is 1600. The number of phosphoric ester groups is 1. The Balaban J connectivity index is 1.33. The molecule has 0 unspecified atom stereocenters. The van der Waals surface area contributed by atoms with Crippen LogP contribution >= 0.6 is 19.2 Å². The van der Waals surface area contributed by atoms with Gasteiger partial charge in [-0.25, -0.2) is 23.6 Å². The second-order valence-electron chi connectivity index (χ2n) is 9.69. The fourth-order valence-corrected chi connectivity index (χ4v) is 5.77. The number of rotatable bonds is 11. The van der Waals surface area contributed by atoms with Gasteiger partial charge in [0.1, 0.15) is 22.1 Å². The van der Waals surface area contributed by atoms with Gasteiger partial charge in [0.2, 0.25) is 5.95 Å². The number of phosphoric acid groups is 1. The molecule has 0 spiro atoms. The van der Waals surface area contributed by atoms with Crippen molar-refractivity contribution in [2.75, 3.05) is 11.9 Å². The van der Waals surface area contributed by atoms with Gasteiger partial charge in [0.25, 0.3) is 5.91 Å². The molecule has 1 aliphatic rings. The molecule has 0 aromatic carbocycles. The average molecular weight is 624 g/mol. The van der Waals surface area contributed by atoms with Crippen molar-refractivity contribution in [2.24, 2.45) is 5.92 Å². The van der Waals surface area contributed by atoms with Gasteiger partial charge in [-0.3, -0.25) is 14.0 Å². The van der Waals surface area contributed by atoms with Gasteiger partial charge in [0.15, 0.2) is 12.5 Å². The van der Waals surface area contributed by atoms with Crippen molar-refractivity contribution >= 4 is 30.8 Å². The van der Waals surface area contributed by atoms with Crippen LogP contribution in [0.15, 0.2) is 36.1 Å². The van der Waals surface area contributed by atoms with Crippen LogP contribution in [0, 0.1) is 17.7 Å². The highest BCUT2D eigenvalue weighted by molar-refractivity contribution is 7.46. The maximum atomic E-state index is 14.7. The molecule has 3 N–H and O–H groups in total. The number of halogens is 2. The molecule has 4 heterocycles. The summed E-state index contributed by atoms with van der Waals surface area (Å²) in [6, 6.07) is 1.86. The molecule has 4 aromatic heterocycles. The third-order valence-electron chi connectivity index (χ3n) is 6.66. The third-order valence-corrected chi connectivity index (χ3v) is 8.01. The van der Waals surface area contributed by atoms with Gasteiger partial charge in [-0.05, 0) is 50.7 Å². The minimum atomic E-state index is -4.67. The van der Waals surface area contributed by atoms with Crippen LogP contribution in [0.4, 0.5) is 14.5 Å². The number of nitrogens with zero attached hydrogens (tertiary/aromatic N) is 6. The first kappa shape index (κ1) is 30.1. The molecule has 0 atom stereocenters. The van der Waals surface area contributed by atoms with E-state index in [9.17, 15) is 18.1 Å². The number of carbonyl (C=O) groups is 1. The van der Waals surface area contributed by atoms with Crippen molar-refractivity contribution in [3.05, 3.63) is 53.6 Å². The topological polar surface area (TPSA) is 167 Å². The molecule has 4 aromatic rings. The highest BCUT2D eigenvalue weighted by Gasteiger charge is 2.25. The summed E-state index contributed by atoms with van der Waals surface area (Å²) in [4.78, 5) is 38.9. The molecule has 0 saturated heterocycles. The molecule has 0 bridgehead atoms. The van der Waals surface area contributed by atoms with Gasteiger partial charge < -0.3 is 19.8 Å². The molecule has 5 rings (SSSR count). The summed E-state index contributed by atoms with van der Waals surface area (Å²) in [5.74, 6) is -1.98. The van der Waals surface area contributed by atoms with Crippen LogP contribution in [0.3, 0.4) is 0 Å². The van der Waals surface area contributed by atoms with Crippen LogP contribution in [0.2, 0.25) is 0 Å². The zero-order valence-electron chi connectivity index (χ0n) is 22.4. The maximum Gasteiger partial charge on any atom is 0.471 e. The smallest absolute Gasteiger partial charge is 0.379 e. The monoisotopic (exact) mass is 623 g/mol. The summed E-state index contributed by atoms with van der Waals surface area (Å²) < 4.78 is 52.5. The first-order chi connectivity index (χ1) is 20.1. The van der Waals surface area contributed by atoms with Crippen LogP contribution in [0.5, 0.6) is 0 Å². The lowest BCUT2D eigenvalue weighted by atomic mass is 9.87. The molecule has 1 fully saturated rings. The molecule has 1 saturated carbocycles. The Morgan fingerprint density at radius 1 is 1.14 bits per heavy atom. The minimum Gasteiger partial charge on any atom is -0.379 e. The molecule has 1 aliphatic carbocycles. The normalized spacial score (nSPS) is 17.5. The standard InChI is InChI=1S/C25H28F2N7O6PS/c1-2-39-17-5-3-15(4-6-17)10-33-12-19(23(32-33)22-18(26)7-8-21(27)31-22)29-24(35)20-13-42-25(30-20)16-9-28-34(11-16)14-40-41(36,37)38/h7-9,11-13,15,17H,2-6,10,14H2,1H3,(H,29,35)(H2,36,37,38). The Hall–Kier alpha value is -3.40. The highest BCUT2D eigenvalue weighted by atomic mass is 32.1. The Kier molecular flexibility index (Phi) is 9.20. The van der Waals surface area contributed by atoms with Gasteiger partial charge in [-0.2, -0.15) is 14.6 Å². The molecule has 42 heavy (non-hydrogen) atoms. The summed E-state index contributed by atoms with van der Waals surface area (Å²) in [6.45, 7) is 2.69. The number of thiazole rings is 1. The Labute approximate surface area is 242 Å². The predicted molar refractivity (Wildman–Crippen MR) is 147 cm³/mol. The summed E-state index contributed by atoms with van der Waals surface area (Å²) >= 11 is 1.14. The summed E-state index contributed by atoms with van der Waals surface area (Å²) in [5.41, 5.74) is 0.358. The highest BCUT2D eigenvalue weighted by Crippen LogP contribution is 2.36. The number of hydrogen-bond donors (Lipinski definition) is 3. The first-order valence-corrected chi connectivity index (χ1v) is 15.5. The second-order valence-corrected chi connectivity index (χ2v) is 11.8. The predicted octanol–water partition coefficient (Wildman–Crippen LogP) is 4.46. The number of pyridine rings is 1. The maximum absolute atomic E-state index is 14.7. The van der Waals surface area contributed by atoms with Crippen molar-refractivity contribution < 1.29 is 37.2 Å². The molecule has 1 amide bonds. The SMILES string of the molecule is CCOC1CCC(Cn2cc(NC(=O)c3csc(-c4cnn(COP(=O)(O)O)c4)n3)c(-c3nc(F)ccc3F)n2)CC1. The number of ether oxygens (including phenoxy) is 1. The van der Waals surface area contributed by atoms with E-state index in [-0.39, 0.29) is 28.9 Å². The van der Waals surface area contributed by atoms with E-state index in [1.165, 1.54) is 22.5 Å². The van der Waals surface area contributed by atoms with Crippen molar-refractivity contribution in [3.63, 3.8) is 0 Å². The lowest BCUT2D eigenvalue weighted by molar-refractivity contribution is 0.0234. The van der Waals surface area contributed by atoms with E-state index < -0.39 is 32.2 Å². The number of nitrogens with one attached hydrogen (secondary N) is 1. The fourth-order valence-electron chi connectivity index (χ4n) is 4.72. The second kappa shape index (κ2) is 12.9. The Morgan fingerprint density at radius 3 is 2.67 bits per heavy atom. The number of hydrogen-bond acceptors (Lipinski definition) is 9. The molecule has 0 aliphatic heterocycles. The first-order valence-electron chi connectivity index (χ1n) is 13.1. The van der Waals surface area contributed by atoms with Crippen molar-refractivity contribution in [2.45, 2.75) is 52.0 Å². The van der Waals surface area contributed by atoms with Gasteiger partial charge in [-0.1, -0.05) is 0 Å². The number of amides is 1. The van der Waals surface area contributed by atoms with Crippen LogP contribution in [0.1, 0.15) is 43.1 Å². The molecule has 0 radical (unpaired) electrons. The van der Waals surface area contributed by atoms with E-state index >= 15 is 0 Å². The van der Waals surface area contributed by atoms with Gasteiger partial charge in [0, 0.05) is 36.5 Å². The fraction of sp³-hybridized carbons (Fsp3) is 0.400. The van der Waals surface area contributed by atoms with Crippen LogP contribution in [-0.4, -0.2) is 57.9 Å².